The molecule has 1 unspecified atom stereocenters. The van der Waals surface area contributed by atoms with Crippen molar-refractivity contribution in [3.63, 3.8) is 0 Å². The molecule has 2 rings (SSSR count). The molecule has 1 nitrogen and oxygen atoms in total. The van der Waals surface area contributed by atoms with Crippen molar-refractivity contribution in [1.82, 2.24) is 5.32 Å². The fourth-order valence-electron chi connectivity index (χ4n) is 2.04. The third-order valence-corrected chi connectivity index (χ3v) is 3.15. The van der Waals surface area contributed by atoms with E-state index in [1.54, 1.807) is 24.3 Å². The van der Waals surface area contributed by atoms with Crippen molar-refractivity contribution < 1.29 is 8.78 Å². The number of rotatable bonds is 5. The maximum absolute atomic E-state index is 12.9. The number of nitrogens with one attached hydrogen (secondary N) is 1. The van der Waals surface area contributed by atoms with Crippen molar-refractivity contribution in [1.29, 1.82) is 0 Å². The first-order valence-electron chi connectivity index (χ1n) is 6.42. The fourth-order valence-corrected chi connectivity index (χ4v) is 2.04. The van der Waals surface area contributed by atoms with Crippen LogP contribution in [-0.4, -0.2) is 0 Å². The Morgan fingerprint density at radius 2 is 1.42 bits per heavy atom. The first kappa shape index (κ1) is 13.7. The third-order valence-electron chi connectivity index (χ3n) is 3.15. The van der Waals surface area contributed by atoms with Gasteiger partial charge in [0.25, 0.3) is 0 Å². The van der Waals surface area contributed by atoms with Gasteiger partial charge in [0.2, 0.25) is 0 Å². The van der Waals surface area contributed by atoms with Gasteiger partial charge in [-0.3, -0.25) is 0 Å². The summed E-state index contributed by atoms with van der Waals surface area (Å²) in [4.78, 5) is 0. The lowest BCUT2D eigenvalue weighted by atomic mass is 10.0. The number of halogens is 2. The lowest BCUT2D eigenvalue weighted by molar-refractivity contribution is 0.517. The summed E-state index contributed by atoms with van der Waals surface area (Å²) in [5, 5.41) is 3.40. The average molecular weight is 261 g/mol. The molecule has 0 aliphatic heterocycles. The van der Waals surface area contributed by atoms with Crippen LogP contribution in [0.2, 0.25) is 0 Å². The molecular weight excluding hydrogens is 244 g/mol. The molecule has 0 spiro atoms. The minimum Gasteiger partial charge on any atom is -0.306 e. The highest BCUT2D eigenvalue weighted by Gasteiger charge is 2.08. The Hall–Kier alpha value is -1.74. The van der Waals surface area contributed by atoms with E-state index in [1.807, 2.05) is 0 Å². The molecule has 0 saturated carbocycles. The van der Waals surface area contributed by atoms with E-state index in [9.17, 15) is 8.78 Å². The van der Waals surface area contributed by atoms with Crippen LogP contribution in [0.3, 0.4) is 0 Å². The van der Waals surface area contributed by atoms with Crippen molar-refractivity contribution in [2.24, 2.45) is 0 Å². The molecule has 0 aliphatic rings. The van der Waals surface area contributed by atoms with Crippen LogP contribution in [0.5, 0.6) is 0 Å². The zero-order chi connectivity index (χ0) is 13.7. The minimum atomic E-state index is -0.227. The van der Waals surface area contributed by atoms with Crippen LogP contribution in [0.1, 0.15) is 30.5 Å². The summed E-state index contributed by atoms with van der Waals surface area (Å²) in [6.45, 7) is 2.74. The minimum absolute atomic E-state index is 0.172. The van der Waals surface area contributed by atoms with Crippen molar-refractivity contribution in [2.75, 3.05) is 0 Å². The number of hydrogen-bond acceptors (Lipinski definition) is 1. The maximum atomic E-state index is 12.9. The van der Waals surface area contributed by atoms with E-state index in [2.05, 4.69) is 12.2 Å². The van der Waals surface area contributed by atoms with Crippen LogP contribution < -0.4 is 5.32 Å². The smallest absolute Gasteiger partial charge is 0.123 e. The summed E-state index contributed by atoms with van der Waals surface area (Å²) >= 11 is 0. The molecule has 0 heterocycles. The van der Waals surface area contributed by atoms with Gasteiger partial charge in [-0.2, -0.15) is 0 Å². The molecule has 19 heavy (non-hydrogen) atoms. The van der Waals surface area contributed by atoms with Gasteiger partial charge in [-0.1, -0.05) is 31.2 Å². The van der Waals surface area contributed by atoms with Crippen molar-refractivity contribution in [2.45, 2.75) is 25.9 Å². The van der Waals surface area contributed by atoms with Crippen molar-refractivity contribution in [3.8, 4) is 0 Å². The van der Waals surface area contributed by atoms with Crippen molar-refractivity contribution in [3.05, 3.63) is 71.3 Å². The predicted octanol–water partition coefficient (Wildman–Crippen LogP) is 4.21. The van der Waals surface area contributed by atoms with Gasteiger partial charge in [0.15, 0.2) is 0 Å². The van der Waals surface area contributed by atoms with E-state index in [0.29, 0.717) is 6.54 Å². The summed E-state index contributed by atoms with van der Waals surface area (Å²) < 4.78 is 25.7. The fraction of sp³-hybridized carbons (Fsp3) is 0.250. The van der Waals surface area contributed by atoms with E-state index in [4.69, 9.17) is 0 Å². The summed E-state index contributed by atoms with van der Waals surface area (Å²) in [5.74, 6) is -0.452. The van der Waals surface area contributed by atoms with E-state index < -0.39 is 0 Å². The Kier molecular flexibility index (Phi) is 4.63. The standard InChI is InChI=1S/C16H17F2N/c1-2-16(13-5-9-15(18)10-6-13)19-11-12-3-7-14(17)8-4-12/h3-10,16,19H,2,11H2,1H3. The lowest BCUT2D eigenvalue weighted by Crippen LogP contribution is -2.20. The first-order valence-corrected chi connectivity index (χ1v) is 6.42. The number of hydrogen-bond donors (Lipinski definition) is 1. The predicted molar refractivity (Wildman–Crippen MR) is 72.7 cm³/mol. The Morgan fingerprint density at radius 1 is 0.895 bits per heavy atom. The van der Waals surface area contributed by atoms with Gasteiger partial charge < -0.3 is 5.32 Å². The molecular formula is C16H17F2N. The van der Waals surface area contributed by atoms with Crippen LogP contribution in [0.15, 0.2) is 48.5 Å². The second-order valence-corrected chi connectivity index (χ2v) is 4.52. The second-order valence-electron chi connectivity index (χ2n) is 4.52. The lowest BCUT2D eigenvalue weighted by Gasteiger charge is -2.17. The van der Waals surface area contributed by atoms with Crippen molar-refractivity contribution >= 4 is 0 Å². The quantitative estimate of drug-likeness (QED) is 0.850. The van der Waals surface area contributed by atoms with E-state index >= 15 is 0 Å². The molecule has 1 atom stereocenters. The normalized spacial score (nSPS) is 12.4. The van der Waals surface area contributed by atoms with Crippen LogP contribution in [0, 0.1) is 11.6 Å². The van der Waals surface area contributed by atoms with Gasteiger partial charge in [0.05, 0.1) is 0 Å². The maximum Gasteiger partial charge on any atom is 0.123 e. The average Bonchev–Trinajstić information content (AvgIpc) is 2.43. The molecule has 0 fully saturated rings. The summed E-state index contributed by atoms with van der Waals surface area (Å²) in [5.41, 5.74) is 2.09. The van der Waals surface area contributed by atoms with Gasteiger partial charge >= 0.3 is 0 Å². The van der Waals surface area contributed by atoms with Crippen LogP contribution in [0.4, 0.5) is 8.78 Å². The van der Waals surface area contributed by atoms with Crippen LogP contribution in [0.25, 0.3) is 0 Å². The Bertz CT molecular complexity index is 505. The van der Waals surface area contributed by atoms with Gasteiger partial charge in [-0.15, -0.1) is 0 Å². The highest BCUT2D eigenvalue weighted by molar-refractivity contribution is 5.21. The molecule has 0 saturated heterocycles. The molecule has 2 aromatic carbocycles. The molecule has 0 bridgehead atoms. The largest absolute Gasteiger partial charge is 0.306 e. The van der Waals surface area contributed by atoms with Crippen LogP contribution in [-0.2, 0) is 6.54 Å². The summed E-state index contributed by atoms with van der Waals surface area (Å²) in [6, 6.07) is 13.1. The van der Waals surface area contributed by atoms with Gasteiger partial charge in [0, 0.05) is 12.6 Å². The Labute approximate surface area is 112 Å². The van der Waals surface area contributed by atoms with Gasteiger partial charge in [-0.25, -0.2) is 8.78 Å². The third kappa shape index (κ3) is 3.86. The highest BCUT2D eigenvalue weighted by Crippen LogP contribution is 2.17. The Morgan fingerprint density at radius 3 is 1.95 bits per heavy atom. The van der Waals surface area contributed by atoms with Gasteiger partial charge in [0.1, 0.15) is 11.6 Å². The van der Waals surface area contributed by atoms with E-state index in [0.717, 1.165) is 17.5 Å². The van der Waals surface area contributed by atoms with Crippen LogP contribution >= 0.6 is 0 Å². The molecule has 2 aromatic rings. The molecule has 0 amide bonds. The summed E-state index contributed by atoms with van der Waals surface area (Å²) in [7, 11) is 0. The molecule has 0 aromatic heterocycles. The molecule has 0 radical (unpaired) electrons. The number of benzene rings is 2. The van der Waals surface area contributed by atoms with Gasteiger partial charge in [-0.05, 0) is 41.8 Å². The highest BCUT2D eigenvalue weighted by atomic mass is 19.1. The molecule has 0 aliphatic carbocycles. The molecule has 100 valence electrons. The zero-order valence-corrected chi connectivity index (χ0v) is 10.9. The Balaban J connectivity index is 1.99. The molecule has 1 N–H and O–H groups in total. The van der Waals surface area contributed by atoms with E-state index in [1.165, 1.54) is 24.3 Å². The topological polar surface area (TPSA) is 12.0 Å². The summed E-state index contributed by atoms with van der Waals surface area (Å²) in [6.07, 6.45) is 0.910. The monoisotopic (exact) mass is 261 g/mol. The zero-order valence-electron chi connectivity index (χ0n) is 10.9. The first-order chi connectivity index (χ1) is 9.19. The second kappa shape index (κ2) is 6.43. The SMILES string of the molecule is CCC(NCc1ccc(F)cc1)c1ccc(F)cc1. The van der Waals surface area contributed by atoms with E-state index in [-0.39, 0.29) is 17.7 Å². The molecule has 3 heteroatoms.